The molecule has 1 atom stereocenters. The maximum Gasteiger partial charge on any atom is 0.163 e. The van der Waals surface area contributed by atoms with E-state index in [-0.39, 0.29) is 10.6 Å². The van der Waals surface area contributed by atoms with Crippen LogP contribution >= 0.6 is 43.5 Å². The maximum absolute atomic E-state index is 14.3. The lowest BCUT2D eigenvalue weighted by Gasteiger charge is -2.16. The molecule has 6 heteroatoms. The summed E-state index contributed by atoms with van der Waals surface area (Å²) in [5, 5.41) is 0.574. The Balaban J connectivity index is 2.49. The zero-order valence-corrected chi connectivity index (χ0v) is 15.2. The van der Waals surface area contributed by atoms with Gasteiger partial charge < -0.3 is 9.47 Å². The minimum atomic E-state index is -0.384. The summed E-state index contributed by atoms with van der Waals surface area (Å²) < 4.78 is 25.4. The molecule has 0 fully saturated rings. The molecule has 0 saturated carbocycles. The van der Waals surface area contributed by atoms with Crippen LogP contribution in [0.1, 0.15) is 16.0 Å². The molecule has 0 saturated heterocycles. The highest BCUT2D eigenvalue weighted by atomic mass is 79.9. The van der Waals surface area contributed by atoms with Crippen LogP contribution in [0, 0.1) is 5.82 Å². The van der Waals surface area contributed by atoms with E-state index in [9.17, 15) is 4.39 Å². The molecular formula is C15H12Br2ClFO2. The molecule has 0 aliphatic rings. The highest BCUT2D eigenvalue weighted by Crippen LogP contribution is 2.39. The third-order valence-electron chi connectivity index (χ3n) is 2.95. The Labute approximate surface area is 144 Å². The summed E-state index contributed by atoms with van der Waals surface area (Å²) >= 11 is 12.9. The first-order chi connectivity index (χ1) is 9.96. The molecule has 0 N–H and O–H groups in total. The minimum absolute atomic E-state index is 0.353. The summed E-state index contributed by atoms with van der Waals surface area (Å²) in [6, 6.07) is 8.35. The van der Waals surface area contributed by atoms with Crippen LogP contribution in [0.4, 0.5) is 4.39 Å². The van der Waals surface area contributed by atoms with Crippen molar-refractivity contribution in [2.75, 3.05) is 14.2 Å². The average molecular weight is 439 g/mol. The molecule has 0 bridgehead atoms. The fourth-order valence-corrected chi connectivity index (χ4v) is 3.47. The number of ether oxygens (including phenoxy) is 2. The first kappa shape index (κ1) is 16.6. The van der Waals surface area contributed by atoms with E-state index in [2.05, 4.69) is 31.9 Å². The molecular weight excluding hydrogens is 426 g/mol. The van der Waals surface area contributed by atoms with E-state index in [1.54, 1.807) is 18.2 Å². The quantitative estimate of drug-likeness (QED) is 0.567. The number of alkyl halides is 1. The van der Waals surface area contributed by atoms with E-state index in [0.29, 0.717) is 22.1 Å². The molecule has 112 valence electrons. The third kappa shape index (κ3) is 3.71. The van der Waals surface area contributed by atoms with Crippen LogP contribution in [-0.2, 0) is 0 Å². The molecule has 21 heavy (non-hydrogen) atoms. The van der Waals surface area contributed by atoms with Crippen LogP contribution in [0.5, 0.6) is 11.5 Å². The van der Waals surface area contributed by atoms with Crippen molar-refractivity contribution in [2.45, 2.75) is 4.83 Å². The van der Waals surface area contributed by atoms with Gasteiger partial charge in [0.15, 0.2) is 11.5 Å². The Morgan fingerprint density at radius 2 is 1.67 bits per heavy atom. The normalized spacial score (nSPS) is 12.1. The Hall–Kier alpha value is -0.780. The molecule has 0 heterocycles. The molecule has 0 radical (unpaired) electrons. The van der Waals surface area contributed by atoms with Crippen LogP contribution in [-0.4, -0.2) is 14.2 Å². The van der Waals surface area contributed by atoms with Gasteiger partial charge in [-0.15, -0.1) is 0 Å². The van der Waals surface area contributed by atoms with Crippen LogP contribution in [0.15, 0.2) is 34.8 Å². The topological polar surface area (TPSA) is 18.5 Å². The molecule has 0 aliphatic carbocycles. The van der Waals surface area contributed by atoms with Gasteiger partial charge >= 0.3 is 0 Å². The molecule has 2 nitrogen and oxygen atoms in total. The SMILES string of the molecule is COc1cc(F)c(C(Br)c2cc(Cl)cc(Br)c2)cc1OC. The zero-order chi connectivity index (χ0) is 15.6. The van der Waals surface area contributed by atoms with Gasteiger partial charge in [-0.25, -0.2) is 4.39 Å². The molecule has 2 aromatic rings. The van der Waals surface area contributed by atoms with E-state index in [1.165, 1.54) is 20.3 Å². The lowest BCUT2D eigenvalue weighted by Crippen LogP contribution is -2.00. The number of hydrogen-bond acceptors (Lipinski definition) is 2. The Morgan fingerprint density at radius 1 is 1.05 bits per heavy atom. The third-order valence-corrected chi connectivity index (χ3v) is 4.65. The predicted molar refractivity (Wildman–Crippen MR) is 89.4 cm³/mol. The van der Waals surface area contributed by atoms with Crippen LogP contribution in [0.25, 0.3) is 0 Å². The van der Waals surface area contributed by atoms with Gasteiger partial charge in [-0.1, -0.05) is 43.5 Å². The monoisotopic (exact) mass is 436 g/mol. The highest BCUT2D eigenvalue weighted by molar-refractivity contribution is 9.10. The van der Waals surface area contributed by atoms with Crippen LogP contribution in [0.2, 0.25) is 5.02 Å². The van der Waals surface area contributed by atoms with E-state index in [1.807, 2.05) is 6.07 Å². The number of hydrogen-bond donors (Lipinski definition) is 0. The molecule has 0 amide bonds. The number of halogens is 4. The van der Waals surface area contributed by atoms with Crippen molar-refractivity contribution in [3.05, 3.63) is 56.8 Å². The summed E-state index contributed by atoms with van der Waals surface area (Å²) in [5.41, 5.74) is 1.28. The van der Waals surface area contributed by atoms with Gasteiger partial charge in [0.05, 0.1) is 19.0 Å². The Bertz CT molecular complexity index is 644. The standard InChI is InChI=1S/C15H12Br2ClFO2/c1-20-13-6-11(12(19)7-14(13)21-2)15(17)8-3-9(16)5-10(18)4-8/h3-7,15H,1-2H3. The lowest BCUT2D eigenvalue weighted by atomic mass is 10.0. The average Bonchev–Trinajstić information content (AvgIpc) is 2.45. The van der Waals surface area contributed by atoms with Crippen molar-refractivity contribution in [1.29, 1.82) is 0 Å². The lowest BCUT2D eigenvalue weighted by molar-refractivity contribution is 0.351. The van der Waals surface area contributed by atoms with E-state index in [0.717, 1.165) is 10.0 Å². The number of methoxy groups -OCH3 is 2. The van der Waals surface area contributed by atoms with Crippen molar-refractivity contribution in [2.24, 2.45) is 0 Å². The van der Waals surface area contributed by atoms with Crippen molar-refractivity contribution < 1.29 is 13.9 Å². The molecule has 0 aliphatic heterocycles. The predicted octanol–water partition coefficient (Wildman–Crippen LogP) is 5.74. The number of benzene rings is 2. The summed E-state index contributed by atoms with van der Waals surface area (Å²) in [5.74, 6) is 0.441. The highest BCUT2D eigenvalue weighted by Gasteiger charge is 2.19. The smallest absolute Gasteiger partial charge is 0.163 e. The van der Waals surface area contributed by atoms with Gasteiger partial charge in [0.1, 0.15) is 5.82 Å². The van der Waals surface area contributed by atoms with Crippen molar-refractivity contribution in [3.63, 3.8) is 0 Å². The van der Waals surface area contributed by atoms with E-state index >= 15 is 0 Å². The summed E-state index contributed by atoms with van der Waals surface area (Å²) in [6.07, 6.45) is 0. The van der Waals surface area contributed by atoms with Gasteiger partial charge in [-0.2, -0.15) is 0 Å². The molecule has 0 aromatic heterocycles. The second kappa shape index (κ2) is 6.99. The molecule has 1 unspecified atom stereocenters. The van der Waals surface area contributed by atoms with Crippen LogP contribution in [0.3, 0.4) is 0 Å². The van der Waals surface area contributed by atoms with Gasteiger partial charge in [0.25, 0.3) is 0 Å². The van der Waals surface area contributed by atoms with Gasteiger partial charge in [0, 0.05) is 21.1 Å². The minimum Gasteiger partial charge on any atom is -0.493 e. The van der Waals surface area contributed by atoms with Crippen molar-refractivity contribution >= 4 is 43.5 Å². The van der Waals surface area contributed by atoms with E-state index < -0.39 is 0 Å². The van der Waals surface area contributed by atoms with Crippen LogP contribution < -0.4 is 9.47 Å². The van der Waals surface area contributed by atoms with E-state index in [4.69, 9.17) is 21.1 Å². The Kier molecular flexibility index (Phi) is 5.52. The Morgan fingerprint density at radius 3 is 2.24 bits per heavy atom. The summed E-state index contributed by atoms with van der Waals surface area (Å²) in [6.45, 7) is 0. The summed E-state index contributed by atoms with van der Waals surface area (Å²) in [4.78, 5) is -0.354. The second-order valence-electron chi connectivity index (χ2n) is 4.29. The van der Waals surface area contributed by atoms with Crippen molar-refractivity contribution in [3.8, 4) is 11.5 Å². The number of rotatable bonds is 4. The maximum atomic E-state index is 14.3. The molecule has 2 rings (SSSR count). The van der Waals surface area contributed by atoms with Gasteiger partial charge in [-0.05, 0) is 29.8 Å². The van der Waals surface area contributed by atoms with Crippen molar-refractivity contribution in [1.82, 2.24) is 0 Å². The zero-order valence-electron chi connectivity index (χ0n) is 11.3. The van der Waals surface area contributed by atoms with Gasteiger partial charge in [0.2, 0.25) is 0 Å². The fourth-order valence-electron chi connectivity index (χ4n) is 1.97. The second-order valence-corrected chi connectivity index (χ2v) is 6.56. The first-order valence-corrected chi connectivity index (χ1v) is 8.06. The molecule has 0 spiro atoms. The largest absolute Gasteiger partial charge is 0.493 e. The fraction of sp³-hybridized carbons (Fsp3) is 0.200. The first-order valence-electron chi connectivity index (χ1n) is 5.97. The van der Waals surface area contributed by atoms with Gasteiger partial charge in [-0.3, -0.25) is 0 Å². The molecule has 2 aromatic carbocycles. The summed E-state index contributed by atoms with van der Waals surface area (Å²) in [7, 11) is 2.98.